The van der Waals surface area contributed by atoms with Crippen LogP contribution in [-0.4, -0.2) is 46.2 Å². The fourth-order valence-corrected chi connectivity index (χ4v) is 2.75. The number of nitrogens with one attached hydrogen (secondary N) is 1. The van der Waals surface area contributed by atoms with E-state index < -0.39 is 0 Å². The highest BCUT2D eigenvalue weighted by molar-refractivity contribution is 5.93. The van der Waals surface area contributed by atoms with Gasteiger partial charge in [0.05, 0.1) is 33.4 Å². The zero-order valence-electron chi connectivity index (χ0n) is 16.7. The summed E-state index contributed by atoms with van der Waals surface area (Å²) in [6.45, 7) is 2.10. The van der Waals surface area contributed by atoms with Crippen molar-refractivity contribution in [3.8, 4) is 17.2 Å². The normalized spacial score (nSPS) is 10.1. The van der Waals surface area contributed by atoms with Gasteiger partial charge in [-0.2, -0.15) is 0 Å². The molecule has 2 rings (SSSR count). The molecule has 0 aliphatic heterocycles. The molecule has 2 aromatic rings. The van der Waals surface area contributed by atoms with Gasteiger partial charge in [0.25, 0.3) is 0 Å². The summed E-state index contributed by atoms with van der Waals surface area (Å²) in [5.41, 5.74) is 1.48. The number of amides is 2. The maximum atomic E-state index is 12.2. The van der Waals surface area contributed by atoms with E-state index in [0.29, 0.717) is 30.3 Å². The van der Waals surface area contributed by atoms with Crippen molar-refractivity contribution in [2.75, 3.05) is 39.3 Å². The molecule has 28 heavy (non-hydrogen) atoms. The third-order valence-electron chi connectivity index (χ3n) is 4.24. The zero-order valence-corrected chi connectivity index (χ0v) is 16.7. The predicted octanol–water partition coefficient (Wildman–Crippen LogP) is 2.42. The van der Waals surface area contributed by atoms with Gasteiger partial charge in [-0.05, 0) is 29.8 Å². The maximum absolute atomic E-state index is 12.2. The van der Waals surface area contributed by atoms with Crippen molar-refractivity contribution in [1.29, 1.82) is 0 Å². The molecule has 2 aromatic carbocycles. The van der Waals surface area contributed by atoms with Gasteiger partial charge in [0.1, 0.15) is 17.2 Å². The van der Waals surface area contributed by atoms with E-state index in [4.69, 9.17) is 14.2 Å². The van der Waals surface area contributed by atoms with Gasteiger partial charge in [-0.15, -0.1) is 0 Å². The van der Waals surface area contributed by atoms with Gasteiger partial charge in [0.2, 0.25) is 11.8 Å². The van der Waals surface area contributed by atoms with Crippen molar-refractivity contribution in [3.63, 3.8) is 0 Å². The molecule has 0 unspecified atom stereocenters. The van der Waals surface area contributed by atoms with E-state index >= 15 is 0 Å². The third kappa shape index (κ3) is 5.64. The van der Waals surface area contributed by atoms with Crippen LogP contribution in [0.1, 0.15) is 12.5 Å². The minimum Gasteiger partial charge on any atom is -0.497 e. The Hall–Kier alpha value is -3.22. The van der Waals surface area contributed by atoms with Crippen molar-refractivity contribution >= 4 is 17.5 Å². The number of anilines is 1. The van der Waals surface area contributed by atoms with Crippen LogP contribution in [0.3, 0.4) is 0 Å². The van der Waals surface area contributed by atoms with Gasteiger partial charge in [0.15, 0.2) is 0 Å². The number of hydrogen-bond donors (Lipinski definition) is 1. The van der Waals surface area contributed by atoms with Gasteiger partial charge in [-0.25, -0.2) is 0 Å². The molecule has 0 atom stereocenters. The number of hydrogen-bond acceptors (Lipinski definition) is 5. The lowest BCUT2D eigenvalue weighted by Crippen LogP contribution is -2.38. The highest BCUT2D eigenvalue weighted by Gasteiger charge is 2.17. The molecule has 0 aromatic heterocycles. The van der Waals surface area contributed by atoms with E-state index in [0.717, 1.165) is 11.3 Å². The van der Waals surface area contributed by atoms with Crippen LogP contribution in [0.25, 0.3) is 0 Å². The first-order valence-electron chi connectivity index (χ1n) is 8.88. The van der Waals surface area contributed by atoms with Crippen LogP contribution < -0.4 is 24.4 Å². The van der Waals surface area contributed by atoms with Crippen LogP contribution >= 0.6 is 0 Å². The average Bonchev–Trinajstić information content (AvgIpc) is 2.71. The average molecular weight is 386 g/mol. The SMILES string of the molecule is COc1ccc(CC(=O)NCCN(C(C)=O)c2cc(OC)ccc2OC)cc1. The molecule has 0 bridgehead atoms. The third-order valence-corrected chi connectivity index (χ3v) is 4.24. The smallest absolute Gasteiger partial charge is 0.224 e. The van der Waals surface area contributed by atoms with E-state index in [9.17, 15) is 9.59 Å². The van der Waals surface area contributed by atoms with E-state index in [1.54, 1.807) is 44.4 Å². The first-order chi connectivity index (χ1) is 13.5. The molecule has 0 spiro atoms. The summed E-state index contributed by atoms with van der Waals surface area (Å²) in [5, 5.41) is 2.84. The number of methoxy groups -OCH3 is 3. The van der Waals surface area contributed by atoms with Gasteiger partial charge < -0.3 is 24.4 Å². The molecule has 0 aliphatic rings. The van der Waals surface area contributed by atoms with E-state index in [2.05, 4.69) is 5.32 Å². The summed E-state index contributed by atoms with van der Waals surface area (Å²) in [6.07, 6.45) is 0.256. The largest absolute Gasteiger partial charge is 0.497 e. The Kier molecular flexibility index (Phi) is 7.68. The molecule has 0 aliphatic carbocycles. The molecular formula is C21H26N2O5. The van der Waals surface area contributed by atoms with Crippen LogP contribution in [-0.2, 0) is 16.0 Å². The van der Waals surface area contributed by atoms with Gasteiger partial charge in [0, 0.05) is 26.1 Å². The van der Waals surface area contributed by atoms with Gasteiger partial charge in [-0.3, -0.25) is 9.59 Å². The van der Waals surface area contributed by atoms with Crippen molar-refractivity contribution in [2.24, 2.45) is 0 Å². The molecular weight excluding hydrogens is 360 g/mol. The summed E-state index contributed by atoms with van der Waals surface area (Å²) in [5.74, 6) is 1.64. The first kappa shape index (κ1) is 21.1. The van der Waals surface area contributed by atoms with Gasteiger partial charge in [-0.1, -0.05) is 12.1 Å². The zero-order chi connectivity index (χ0) is 20.5. The second kappa shape index (κ2) is 10.2. The molecule has 0 saturated carbocycles. The van der Waals surface area contributed by atoms with Gasteiger partial charge >= 0.3 is 0 Å². The number of carbonyl (C=O) groups excluding carboxylic acids is 2. The summed E-state index contributed by atoms with van der Waals surface area (Å²) in [7, 11) is 4.70. The number of carbonyl (C=O) groups is 2. The lowest BCUT2D eigenvalue weighted by atomic mass is 10.1. The summed E-state index contributed by atoms with van der Waals surface area (Å²) in [4.78, 5) is 25.9. The molecule has 150 valence electrons. The first-order valence-corrected chi connectivity index (χ1v) is 8.88. The Labute approximate surface area is 165 Å². The van der Waals surface area contributed by atoms with E-state index in [-0.39, 0.29) is 18.2 Å². The molecule has 1 N–H and O–H groups in total. The molecule has 2 amide bonds. The van der Waals surface area contributed by atoms with Crippen LogP contribution in [0.2, 0.25) is 0 Å². The van der Waals surface area contributed by atoms with Crippen molar-refractivity contribution in [2.45, 2.75) is 13.3 Å². The minimum absolute atomic E-state index is 0.119. The molecule has 0 fully saturated rings. The molecule has 7 heteroatoms. The molecule has 7 nitrogen and oxygen atoms in total. The number of benzene rings is 2. The Bertz CT molecular complexity index is 805. The lowest BCUT2D eigenvalue weighted by molar-refractivity contribution is -0.121. The van der Waals surface area contributed by atoms with Crippen LogP contribution in [0, 0.1) is 0 Å². The van der Waals surface area contributed by atoms with Crippen LogP contribution in [0.5, 0.6) is 17.2 Å². The standard InChI is InChI=1S/C21H26N2O5/c1-15(24)23(19-14-18(27-3)9-10-20(19)28-4)12-11-22-21(25)13-16-5-7-17(26-2)8-6-16/h5-10,14H,11-13H2,1-4H3,(H,22,25). The Morgan fingerprint density at radius 1 is 0.929 bits per heavy atom. The van der Waals surface area contributed by atoms with Crippen molar-refractivity contribution in [3.05, 3.63) is 48.0 Å². The predicted molar refractivity (Wildman–Crippen MR) is 107 cm³/mol. The number of nitrogens with zero attached hydrogens (tertiary/aromatic N) is 1. The summed E-state index contributed by atoms with van der Waals surface area (Å²) < 4.78 is 15.7. The monoisotopic (exact) mass is 386 g/mol. The fourth-order valence-electron chi connectivity index (χ4n) is 2.75. The second-order valence-electron chi connectivity index (χ2n) is 6.08. The Balaban J connectivity index is 1.98. The Morgan fingerprint density at radius 2 is 1.57 bits per heavy atom. The molecule has 0 radical (unpaired) electrons. The quantitative estimate of drug-likeness (QED) is 0.716. The van der Waals surface area contributed by atoms with Crippen LogP contribution in [0.4, 0.5) is 5.69 Å². The minimum atomic E-state index is -0.157. The number of rotatable bonds is 9. The lowest BCUT2D eigenvalue weighted by Gasteiger charge is -2.24. The van der Waals surface area contributed by atoms with Crippen molar-refractivity contribution < 1.29 is 23.8 Å². The summed E-state index contributed by atoms with van der Waals surface area (Å²) in [6, 6.07) is 12.6. The van der Waals surface area contributed by atoms with E-state index in [1.165, 1.54) is 6.92 Å². The maximum Gasteiger partial charge on any atom is 0.224 e. The molecule has 0 heterocycles. The fraction of sp³-hybridized carbons (Fsp3) is 0.333. The number of ether oxygens (including phenoxy) is 3. The highest BCUT2D eigenvalue weighted by atomic mass is 16.5. The second-order valence-corrected chi connectivity index (χ2v) is 6.08. The van der Waals surface area contributed by atoms with Crippen LogP contribution in [0.15, 0.2) is 42.5 Å². The van der Waals surface area contributed by atoms with E-state index in [1.807, 2.05) is 24.3 Å². The summed E-state index contributed by atoms with van der Waals surface area (Å²) >= 11 is 0. The highest BCUT2D eigenvalue weighted by Crippen LogP contribution is 2.32. The topological polar surface area (TPSA) is 77.1 Å². The Morgan fingerprint density at radius 3 is 2.14 bits per heavy atom. The van der Waals surface area contributed by atoms with Crippen molar-refractivity contribution in [1.82, 2.24) is 5.32 Å². The molecule has 0 saturated heterocycles.